The summed E-state index contributed by atoms with van der Waals surface area (Å²) in [4.78, 5) is 14.4. The van der Waals surface area contributed by atoms with Crippen molar-refractivity contribution >= 4 is 0 Å². The van der Waals surface area contributed by atoms with Crippen molar-refractivity contribution in [2.24, 2.45) is 0 Å². The van der Waals surface area contributed by atoms with Crippen molar-refractivity contribution in [3.63, 3.8) is 0 Å². The molecule has 0 fully saturated rings. The molecule has 0 atom stereocenters. The molecule has 6 nitrogen and oxygen atoms in total. The summed E-state index contributed by atoms with van der Waals surface area (Å²) in [7, 11) is 0. The molecule has 9 heteroatoms. The largest absolute Gasteiger partial charge is 0.417 e. The topological polar surface area (TPSA) is 82.1 Å². The summed E-state index contributed by atoms with van der Waals surface area (Å²) in [5.74, 6) is 0.111. The molecule has 0 saturated carbocycles. The van der Waals surface area contributed by atoms with Crippen molar-refractivity contribution in [1.29, 1.82) is 0 Å². The maximum atomic E-state index is 13.8. The van der Waals surface area contributed by atoms with E-state index in [9.17, 15) is 23.3 Å². The van der Waals surface area contributed by atoms with Gasteiger partial charge < -0.3 is 4.52 Å². The molecule has 162 valence electrons. The Bertz CT molecular complexity index is 1280. The first-order chi connectivity index (χ1) is 15.2. The van der Waals surface area contributed by atoms with E-state index in [0.717, 1.165) is 11.6 Å². The maximum Gasteiger partial charge on any atom is 0.417 e. The van der Waals surface area contributed by atoms with Crippen molar-refractivity contribution in [2.75, 3.05) is 0 Å². The molecule has 4 aromatic rings. The van der Waals surface area contributed by atoms with Crippen LogP contribution in [0.5, 0.6) is 0 Å². The van der Waals surface area contributed by atoms with Crippen molar-refractivity contribution < 1.29 is 22.6 Å². The SMILES string of the molecule is Cc1ccccc1-c1ccc(-c2nc(-c3ccc(C[N+](=O)[O-])cc3)no2)cc1C(F)(F)F. The van der Waals surface area contributed by atoms with Crippen LogP contribution in [0.15, 0.2) is 71.3 Å². The number of aromatic nitrogens is 2. The van der Waals surface area contributed by atoms with Crippen LogP contribution in [0.2, 0.25) is 0 Å². The molecule has 0 spiro atoms. The van der Waals surface area contributed by atoms with E-state index in [-0.39, 0.29) is 29.4 Å². The first-order valence-corrected chi connectivity index (χ1v) is 9.55. The quantitative estimate of drug-likeness (QED) is 0.274. The Morgan fingerprint density at radius 2 is 1.66 bits per heavy atom. The summed E-state index contributed by atoms with van der Waals surface area (Å²) >= 11 is 0. The second-order valence-corrected chi connectivity index (χ2v) is 7.18. The molecule has 0 amide bonds. The monoisotopic (exact) mass is 439 g/mol. The summed E-state index contributed by atoms with van der Waals surface area (Å²) in [5.41, 5.74) is 1.66. The third kappa shape index (κ3) is 4.36. The van der Waals surface area contributed by atoms with Gasteiger partial charge in [0, 0.05) is 21.6 Å². The molecule has 0 N–H and O–H groups in total. The Morgan fingerprint density at radius 3 is 2.31 bits per heavy atom. The van der Waals surface area contributed by atoms with Gasteiger partial charge >= 0.3 is 6.18 Å². The van der Waals surface area contributed by atoms with Gasteiger partial charge in [0.2, 0.25) is 12.4 Å². The van der Waals surface area contributed by atoms with Crippen LogP contribution in [0.4, 0.5) is 13.2 Å². The summed E-state index contributed by atoms with van der Waals surface area (Å²) in [6, 6.07) is 17.1. The zero-order valence-electron chi connectivity index (χ0n) is 16.8. The molecule has 4 rings (SSSR count). The Labute approximate surface area is 180 Å². The molecule has 0 unspecified atom stereocenters. The Kier molecular flexibility index (Phi) is 5.48. The molecule has 0 aliphatic carbocycles. The molecule has 3 aromatic carbocycles. The van der Waals surface area contributed by atoms with Crippen LogP contribution in [0.1, 0.15) is 16.7 Å². The molecule has 0 bridgehead atoms. The van der Waals surface area contributed by atoms with Crippen LogP contribution in [0.25, 0.3) is 34.0 Å². The van der Waals surface area contributed by atoms with Gasteiger partial charge in [0.05, 0.1) is 5.56 Å². The lowest BCUT2D eigenvalue weighted by Crippen LogP contribution is -2.08. The summed E-state index contributed by atoms with van der Waals surface area (Å²) in [6.45, 7) is 1.44. The fraction of sp³-hybridized carbons (Fsp3) is 0.130. The van der Waals surface area contributed by atoms with E-state index in [0.29, 0.717) is 16.7 Å². The van der Waals surface area contributed by atoms with E-state index in [1.54, 1.807) is 55.5 Å². The standard InChI is InChI=1S/C23H16F3N3O3/c1-14-4-2-3-5-18(14)19-11-10-17(12-20(19)23(24,25)26)22-27-21(28-32-22)16-8-6-15(7-9-16)13-29(30)31/h2-12H,13H2,1H3. The Balaban J connectivity index is 1.70. The summed E-state index contributed by atoms with van der Waals surface area (Å²) in [5, 5.41) is 14.4. The van der Waals surface area contributed by atoms with Gasteiger partial charge in [-0.05, 0) is 35.7 Å². The molecule has 1 heterocycles. The number of alkyl halides is 3. The third-order valence-corrected chi connectivity index (χ3v) is 4.96. The van der Waals surface area contributed by atoms with E-state index in [1.165, 1.54) is 12.1 Å². The molecular formula is C23H16F3N3O3. The van der Waals surface area contributed by atoms with Crippen molar-refractivity contribution in [3.05, 3.63) is 93.5 Å². The van der Waals surface area contributed by atoms with Crippen LogP contribution in [0, 0.1) is 17.0 Å². The van der Waals surface area contributed by atoms with Crippen molar-refractivity contribution in [2.45, 2.75) is 19.6 Å². The minimum Gasteiger partial charge on any atom is -0.334 e. The average Bonchev–Trinajstić information content (AvgIpc) is 3.23. The molecule has 32 heavy (non-hydrogen) atoms. The molecule has 1 aromatic heterocycles. The number of hydrogen-bond donors (Lipinski definition) is 0. The predicted octanol–water partition coefficient (Wildman–Crippen LogP) is 6.17. The van der Waals surface area contributed by atoms with Gasteiger partial charge in [0.25, 0.3) is 5.89 Å². The minimum atomic E-state index is -4.58. The number of halogens is 3. The van der Waals surface area contributed by atoms with Crippen molar-refractivity contribution in [1.82, 2.24) is 10.1 Å². The predicted molar refractivity (Wildman–Crippen MR) is 111 cm³/mol. The zero-order chi connectivity index (χ0) is 22.9. The van der Waals surface area contributed by atoms with Crippen molar-refractivity contribution in [3.8, 4) is 34.0 Å². The third-order valence-electron chi connectivity index (χ3n) is 4.96. The van der Waals surface area contributed by atoms with Crippen LogP contribution >= 0.6 is 0 Å². The number of benzene rings is 3. The first kappa shape index (κ1) is 21.2. The number of hydrogen-bond acceptors (Lipinski definition) is 5. The highest BCUT2D eigenvalue weighted by atomic mass is 19.4. The molecule has 0 aliphatic heterocycles. The second kappa shape index (κ2) is 8.26. The first-order valence-electron chi connectivity index (χ1n) is 9.55. The molecular weight excluding hydrogens is 423 g/mol. The lowest BCUT2D eigenvalue weighted by atomic mass is 9.94. The van der Waals surface area contributed by atoms with Gasteiger partial charge in [0.1, 0.15) is 0 Å². The number of nitro groups is 1. The van der Waals surface area contributed by atoms with E-state index < -0.39 is 16.7 Å². The summed E-state index contributed by atoms with van der Waals surface area (Å²) in [6.07, 6.45) is -4.58. The average molecular weight is 439 g/mol. The fourth-order valence-corrected chi connectivity index (χ4v) is 3.39. The molecule has 0 aliphatic rings. The van der Waals surface area contributed by atoms with E-state index in [1.807, 2.05) is 0 Å². The van der Waals surface area contributed by atoms with E-state index in [2.05, 4.69) is 10.1 Å². The highest BCUT2D eigenvalue weighted by Crippen LogP contribution is 2.40. The second-order valence-electron chi connectivity index (χ2n) is 7.18. The van der Waals surface area contributed by atoms with Gasteiger partial charge in [-0.3, -0.25) is 10.1 Å². The normalized spacial score (nSPS) is 11.5. The highest BCUT2D eigenvalue weighted by molar-refractivity contribution is 5.74. The minimum absolute atomic E-state index is 0.0591. The number of nitrogens with zero attached hydrogens (tertiary/aromatic N) is 3. The lowest BCUT2D eigenvalue weighted by molar-refractivity contribution is -0.496. The van der Waals surface area contributed by atoms with E-state index >= 15 is 0 Å². The van der Waals surface area contributed by atoms with Crippen LogP contribution in [0.3, 0.4) is 0 Å². The number of aryl methyl sites for hydroxylation is 1. The Hall–Kier alpha value is -4.01. The van der Waals surface area contributed by atoms with E-state index in [4.69, 9.17) is 4.52 Å². The smallest absolute Gasteiger partial charge is 0.334 e. The van der Waals surface area contributed by atoms with Gasteiger partial charge in [0.15, 0.2) is 0 Å². The van der Waals surface area contributed by atoms with Crippen LogP contribution < -0.4 is 0 Å². The molecule has 0 saturated heterocycles. The van der Waals surface area contributed by atoms with Gasteiger partial charge in [-0.2, -0.15) is 18.2 Å². The van der Waals surface area contributed by atoms with Gasteiger partial charge in [-0.15, -0.1) is 0 Å². The lowest BCUT2D eigenvalue weighted by Gasteiger charge is -2.15. The highest BCUT2D eigenvalue weighted by Gasteiger charge is 2.34. The maximum absolute atomic E-state index is 13.8. The Morgan fingerprint density at radius 1 is 0.969 bits per heavy atom. The fourth-order valence-electron chi connectivity index (χ4n) is 3.39. The summed E-state index contributed by atoms with van der Waals surface area (Å²) < 4.78 is 46.7. The zero-order valence-corrected chi connectivity index (χ0v) is 16.8. The van der Waals surface area contributed by atoms with Crippen LogP contribution in [-0.2, 0) is 12.7 Å². The van der Waals surface area contributed by atoms with Crippen LogP contribution in [-0.4, -0.2) is 15.1 Å². The molecule has 0 radical (unpaired) electrons. The van der Waals surface area contributed by atoms with Gasteiger partial charge in [-0.1, -0.05) is 59.8 Å². The van der Waals surface area contributed by atoms with Gasteiger partial charge in [-0.25, -0.2) is 0 Å². The number of rotatable bonds is 5.